The second-order valence-electron chi connectivity index (χ2n) is 10.5. The monoisotopic (exact) mass is 374 g/mol. The van der Waals surface area contributed by atoms with Gasteiger partial charge in [-0.1, -0.05) is 27.7 Å². The molecule has 3 aliphatic carbocycles. The maximum atomic E-state index is 12.2. The standard InChI is InChI=1S/C21H26O6/c1-9(2)19-13(26-19)14-21(27-14)18(4)6-5-10-11(8-24-15(10)22)17(18,3)7-12-20(21,25-12)16(19)23/h9,12-14,16,23H,5-8H2,1-4H3/t12-,13-,14-,16-,17-,18-,19-,20+,21+/m0/s1. The molecular formula is C21H26O6. The molecule has 1 N–H and O–H groups in total. The van der Waals surface area contributed by atoms with Gasteiger partial charge in [0.15, 0.2) is 5.60 Å². The van der Waals surface area contributed by atoms with Crippen LogP contribution < -0.4 is 0 Å². The summed E-state index contributed by atoms with van der Waals surface area (Å²) in [5, 5.41) is 11.5. The Kier molecular flexibility index (Phi) is 2.29. The van der Waals surface area contributed by atoms with Gasteiger partial charge in [0, 0.05) is 16.4 Å². The van der Waals surface area contributed by atoms with E-state index in [9.17, 15) is 9.90 Å². The molecule has 6 nitrogen and oxygen atoms in total. The molecule has 0 aromatic heterocycles. The van der Waals surface area contributed by atoms with Crippen molar-refractivity contribution in [3.05, 3.63) is 11.1 Å². The lowest BCUT2D eigenvalue weighted by Crippen LogP contribution is -2.71. The van der Waals surface area contributed by atoms with Gasteiger partial charge in [-0.2, -0.15) is 0 Å². The van der Waals surface area contributed by atoms with Gasteiger partial charge in [-0.05, 0) is 30.8 Å². The van der Waals surface area contributed by atoms with Gasteiger partial charge in [0.2, 0.25) is 0 Å². The van der Waals surface area contributed by atoms with Crippen LogP contribution in [0.2, 0.25) is 0 Å². The zero-order chi connectivity index (χ0) is 18.8. The van der Waals surface area contributed by atoms with E-state index in [4.69, 9.17) is 18.9 Å². The number of ether oxygens (including phenoxy) is 4. The van der Waals surface area contributed by atoms with Crippen LogP contribution in [0.15, 0.2) is 11.1 Å². The fourth-order valence-electron chi connectivity index (χ4n) is 8.09. The summed E-state index contributed by atoms with van der Waals surface area (Å²) in [4.78, 5) is 12.2. The Balaban J connectivity index is 1.42. The predicted molar refractivity (Wildman–Crippen MR) is 91.7 cm³/mol. The number of cyclic esters (lactones) is 1. The average molecular weight is 374 g/mol. The number of aliphatic hydroxyl groups is 1. The molecule has 3 saturated heterocycles. The molecule has 5 fully saturated rings. The van der Waals surface area contributed by atoms with Gasteiger partial charge >= 0.3 is 5.97 Å². The molecule has 0 aromatic rings. The van der Waals surface area contributed by atoms with Crippen LogP contribution in [0.5, 0.6) is 0 Å². The van der Waals surface area contributed by atoms with E-state index in [1.165, 1.54) is 0 Å². The van der Waals surface area contributed by atoms with Crippen molar-refractivity contribution in [1.29, 1.82) is 0 Å². The lowest BCUT2D eigenvalue weighted by atomic mass is 9.41. The van der Waals surface area contributed by atoms with Crippen molar-refractivity contribution < 1.29 is 28.8 Å². The second kappa shape index (κ2) is 3.89. The minimum Gasteiger partial charge on any atom is -0.458 e. The van der Waals surface area contributed by atoms with E-state index >= 15 is 0 Å². The highest BCUT2D eigenvalue weighted by Crippen LogP contribution is 2.85. The SMILES string of the molecule is CC(C)[C@]12O[C@H]1[C@@H]1O[C@]13[C@]1(O[C@H]1C[C@@]1(C)C4=C(CC[C@]31C)C(=O)OC4)[C@H]2O. The van der Waals surface area contributed by atoms with E-state index in [1.54, 1.807) is 0 Å². The smallest absolute Gasteiger partial charge is 0.334 e. The molecule has 4 aliphatic heterocycles. The summed E-state index contributed by atoms with van der Waals surface area (Å²) in [5.74, 6) is 0.0576. The van der Waals surface area contributed by atoms with Gasteiger partial charge < -0.3 is 24.1 Å². The Morgan fingerprint density at radius 2 is 1.93 bits per heavy atom. The van der Waals surface area contributed by atoms with Crippen LogP contribution in [0.25, 0.3) is 0 Å². The van der Waals surface area contributed by atoms with E-state index < -0.39 is 22.9 Å². The quantitative estimate of drug-likeness (QED) is 0.553. The van der Waals surface area contributed by atoms with Crippen molar-refractivity contribution in [2.75, 3.05) is 6.61 Å². The number of carbonyl (C=O) groups is 1. The number of aliphatic hydroxyl groups excluding tert-OH is 1. The third kappa shape index (κ3) is 1.21. The number of epoxide rings is 3. The summed E-state index contributed by atoms with van der Waals surface area (Å²) in [7, 11) is 0. The maximum Gasteiger partial charge on any atom is 0.334 e. The Bertz CT molecular complexity index is 865. The molecule has 9 atom stereocenters. The minimum atomic E-state index is -0.669. The van der Waals surface area contributed by atoms with Crippen LogP contribution in [0.1, 0.15) is 47.0 Å². The van der Waals surface area contributed by atoms with Gasteiger partial charge in [-0.15, -0.1) is 0 Å². The van der Waals surface area contributed by atoms with Crippen molar-refractivity contribution in [2.24, 2.45) is 16.7 Å². The molecule has 6 heteroatoms. The molecule has 7 rings (SSSR count). The molecule has 4 heterocycles. The molecule has 2 spiro atoms. The van der Waals surface area contributed by atoms with Gasteiger partial charge in [-0.25, -0.2) is 4.79 Å². The summed E-state index contributed by atoms with van der Waals surface area (Å²) >= 11 is 0. The fraction of sp³-hybridized carbons (Fsp3) is 0.857. The number of carbonyl (C=O) groups excluding carboxylic acids is 1. The first kappa shape index (κ1) is 15.9. The molecule has 146 valence electrons. The number of rotatable bonds is 1. The van der Waals surface area contributed by atoms with Crippen LogP contribution in [0.3, 0.4) is 0 Å². The van der Waals surface area contributed by atoms with Gasteiger partial charge in [0.1, 0.15) is 36.1 Å². The summed E-state index contributed by atoms with van der Waals surface area (Å²) in [6.07, 6.45) is 1.55. The zero-order valence-corrected chi connectivity index (χ0v) is 16.2. The summed E-state index contributed by atoms with van der Waals surface area (Å²) in [6.45, 7) is 9.16. The minimum absolute atomic E-state index is 0.0295. The molecule has 0 radical (unpaired) electrons. The molecule has 0 bridgehead atoms. The van der Waals surface area contributed by atoms with Gasteiger partial charge in [0.05, 0.1) is 6.10 Å². The van der Waals surface area contributed by atoms with Crippen molar-refractivity contribution in [3.63, 3.8) is 0 Å². The number of esters is 1. The average Bonchev–Trinajstić information content (AvgIpc) is 3.49. The Labute approximate surface area is 158 Å². The Hall–Kier alpha value is -0.950. The molecule has 7 aliphatic rings. The predicted octanol–water partition coefficient (Wildman–Crippen LogP) is 1.49. The summed E-state index contributed by atoms with van der Waals surface area (Å²) in [5.41, 5.74) is -0.159. The highest BCUT2D eigenvalue weighted by Gasteiger charge is 3.01. The lowest BCUT2D eigenvalue weighted by Gasteiger charge is -2.59. The fourth-order valence-corrected chi connectivity index (χ4v) is 8.09. The van der Waals surface area contributed by atoms with E-state index in [0.717, 1.165) is 30.4 Å². The Morgan fingerprint density at radius 1 is 1.15 bits per heavy atom. The molecule has 0 aromatic carbocycles. The topological polar surface area (TPSA) is 84.1 Å². The third-order valence-corrected chi connectivity index (χ3v) is 9.86. The van der Waals surface area contributed by atoms with Crippen LogP contribution >= 0.6 is 0 Å². The van der Waals surface area contributed by atoms with Crippen molar-refractivity contribution in [1.82, 2.24) is 0 Å². The third-order valence-electron chi connectivity index (χ3n) is 9.86. The number of fused-ring (bicyclic) bond motifs is 4. The Morgan fingerprint density at radius 3 is 2.67 bits per heavy atom. The summed E-state index contributed by atoms with van der Waals surface area (Å²) in [6, 6.07) is 0. The molecule has 0 unspecified atom stereocenters. The molecule has 2 saturated carbocycles. The zero-order valence-electron chi connectivity index (χ0n) is 16.2. The first-order valence-corrected chi connectivity index (χ1v) is 10.3. The normalized spacial score (nSPS) is 64.0. The first-order valence-electron chi connectivity index (χ1n) is 10.3. The number of hydrogen-bond donors (Lipinski definition) is 1. The van der Waals surface area contributed by atoms with Crippen LogP contribution in [-0.2, 0) is 23.7 Å². The lowest BCUT2D eigenvalue weighted by molar-refractivity contribution is -0.136. The van der Waals surface area contributed by atoms with E-state index in [-0.39, 0.29) is 41.0 Å². The second-order valence-corrected chi connectivity index (χ2v) is 10.5. The van der Waals surface area contributed by atoms with Crippen molar-refractivity contribution in [3.8, 4) is 0 Å². The van der Waals surface area contributed by atoms with E-state index in [1.807, 2.05) is 0 Å². The summed E-state index contributed by atoms with van der Waals surface area (Å²) < 4.78 is 24.6. The van der Waals surface area contributed by atoms with Crippen LogP contribution in [0.4, 0.5) is 0 Å². The van der Waals surface area contributed by atoms with Crippen molar-refractivity contribution >= 4 is 5.97 Å². The van der Waals surface area contributed by atoms with Crippen molar-refractivity contribution in [2.45, 2.75) is 88.2 Å². The van der Waals surface area contributed by atoms with Gasteiger partial charge in [0.25, 0.3) is 0 Å². The maximum absolute atomic E-state index is 12.2. The van der Waals surface area contributed by atoms with E-state index in [0.29, 0.717) is 6.61 Å². The molecule has 0 amide bonds. The van der Waals surface area contributed by atoms with Crippen LogP contribution in [-0.4, -0.2) is 58.9 Å². The molecular weight excluding hydrogens is 348 g/mol. The highest BCUT2D eigenvalue weighted by atomic mass is 16.7. The first-order chi connectivity index (χ1) is 12.7. The van der Waals surface area contributed by atoms with E-state index in [2.05, 4.69) is 27.7 Å². The number of hydrogen-bond acceptors (Lipinski definition) is 6. The highest BCUT2D eigenvalue weighted by molar-refractivity contribution is 5.92. The van der Waals surface area contributed by atoms with Gasteiger partial charge in [-0.3, -0.25) is 0 Å². The largest absolute Gasteiger partial charge is 0.458 e. The van der Waals surface area contributed by atoms with Crippen LogP contribution in [0, 0.1) is 16.7 Å². The molecule has 27 heavy (non-hydrogen) atoms.